The van der Waals surface area contributed by atoms with E-state index in [-0.39, 0.29) is 29.6 Å². The van der Waals surface area contributed by atoms with Crippen LogP contribution in [0.25, 0.3) is 0 Å². The molecule has 0 bridgehead atoms. The van der Waals surface area contributed by atoms with E-state index in [9.17, 15) is 9.90 Å². The number of unbranched alkanes of at least 4 members (excludes halogenated alkanes) is 22. The van der Waals surface area contributed by atoms with Gasteiger partial charge in [-0.25, -0.2) is 0 Å². The molecule has 0 heterocycles. The molecule has 0 fully saturated rings. The van der Waals surface area contributed by atoms with Gasteiger partial charge < -0.3 is 9.90 Å². The number of nitrogens with zero attached hydrogens (tertiary/aromatic N) is 1. The van der Waals surface area contributed by atoms with Gasteiger partial charge in [0.05, 0.1) is 5.97 Å². The molecule has 0 aromatic rings. The zero-order chi connectivity index (χ0) is 25.1. The van der Waals surface area contributed by atoms with E-state index >= 15 is 0 Å². The molecular weight excluding hydrogens is 441 g/mol. The van der Waals surface area contributed by atoms with Crippen LogP contribution in [0.15, 0.2) is 0 Å². The minimum Gasteiger partial charge on any atom is -0.548 e. The van der Waals surface area contributed by atoms with E-state index in [1.165, 1.54) is 141 Å². The van der Waals surface area contributed by atoms with Crippen LogP contribution in [0.4, 0.5) is 0 Å². The third-order valence-corrected chi connectivity index (χ3v) is 7.49. The molecule has 1 unspecified atom stereocenters. The number of carboxylic acids is 1. The van der Waals surface area contributed by atoms with Crippen molar-refractivity contribution in [1.82, 2.24) is 4.90 Å². The van der Waals surface area contributed by atoms with Crippen LogP contribution in [0.2, 0.25) is 0 Å². The normalized spacial score (nSPS) is 12.1. The Morgan fingerprint density at radius 2 is 0.743 bits per heavy atom. The fraction of sp³-hybridized carbons (Fsp3) is 0.968. The van der Waals surface area contributed by atoms with Gasteiger partial charge in [0.15, 0.2) is 0 Å². The second-order valence-corrected chi connectivity index (χ2v) is 10.8. The van der Waals surface area contributed by atoms with Crippen LogP contribution in [0, 0.1) is 0 Å². The Morgan fingerprint density at radius 3 is 0.971 bits per heavy atom. The Balaban J connectivity index is 0. The summed E-state index contributed by atoms with van der Waals surface area (Å²) in [6.07, 6.45) is 32.2. The minimum absolute atomic E-state index is 0. The summed E-state index contributed by atoms with van der Waals surface area (Å²) >= 11 is 0. The SMILES string of the molecule is CCCCCCCCCCCCCCN(CCCCCCCCCCCCCC)C(C)C(=O)[O-].[Na+]. The van der Waals surface area contributed by atoms with E-state index in [4.69, 9.17) is 0 Å². The van der Waals surface area contributed by atoms with Crippen molar-refractivity contribution in [3.05, 3.63) is 0 Å². The summed E-state index contributed by atoms with van der Waals surface area (Å²) < 4.78 is 0. The summed E-state index contributed by atoms with van der Waals surface area (Å²) in [5.41, 5.74) is 0. The molecule has 0 saturated carbocycles. The molecule has 35 heavy (non-hydrogen) atoms. The van der Waals surface area contributed by atoms with E-state index in [2.05, 4.69) is 18.7 Å². The van der Waals surface area contributed by atoms with Gasteiger partial charge >= 0.3 is 29.6 Å². The Hall–Kier alpha value is 0.430. The second-order valence-electron chi connectivity index (χ2n) is 10.8. The zero-order valence-corrected chi connectivity index (χ0v) is 26.7. The van der Waals surface area contributed by atoms with E-state index in [0.29, 0.717) is 0 Å². The molecule has 204 valence electrons. The summed E-state index contributed by atoms with van der Waals surface area (Å²) in [6.45, 7) is 8.17. The monoisotopic (exact) mass is 503 g/mol. The number of hydrogen-bond acceptors (Lipinski definition) is 3. The van der Waals surface area contributed by atoms with Crippen LogP contribution in [0.5, 0.6) is 0 Å². The number of carboxylic acid groups (broad SMARTS) is 1. The molecule has 0 aliphatic carbocycles. The second kappa shape index (κ2) is 30.7. The number of carbonyl (C=O) groups is 1. The van der Waals surface area contributed by atoms with Gasteiger partial charge in [0, 0.05) is 6.04 Å². The molecule has 0 saturated heterocycles. The van der Waals surface area contributed by atoms with E-state index in [1.54, 1.807) is 6.92 Å². The van der Waals surface area contributed by atoms with Gasteiger partial charge in [0.2, 0.25) is 0 Å². The Labute approximate surface area is 243 Å². The maximum absolute atomic E-state index is 11.4. The Bertz CT molecular complexity index is 391. The molecule has 3 nitrogen and oxygen atoms in total. The minimum atomic E-state index is -0.919. The molecule has 0 aliphatic heterocycles. The maximum Gasteiger partial charge on any atom is 1.00 e. The topological polar surface area (TPSA) is 43.4 Å². The van der Waals surface area contributed by atoms with Gasteiger partial charge in [-0.05, 0) is 32.9 Å². The molecule has 0 radical (unpaired) electrons. The van der Waals surface area contributed by atoms with E-state index < -0.39 is 12.0 Å². The molecule has 0 N–H and O–H groups in total. The first-order valence-electron chi connectivity index (χ1n) is 15.6. The van der Waals surface area contributed by atoms with Gasteiger partial charge in [-0.3, -0.25) is 4.90 Å². The van der Waals surface area contributed by atoms with Crippen molar-refractivity contribution in [2.45, 2.75) is 181 Å². The summed E-state index contributed by atoms with van der Waals surface area (Å²) in [6, 6.07) is -0.458. The third kappa shape index (κ3) is 27.3. The molecule has 0 spiro atoms. The Morgan fingerprint density at radius 1 is 0.514 bits per heavy atom. The number of aliphatic carboxylic acids is 1. The smallest absolute Gasteiger partial charge is 0.548 e. The van der Waals surface area contributed by atoms with Crippen molar-refractivity contribution in [1.29, 1.82) is 0 Å². The molecule has 0 rings (SSSR count). The third-order valence-electron chi connectivity index (χ3n) is 7.49. The standard InChI is InChI=1S/C31H63NO2.Na/c1-4-6-8-10-12-14-16-18-20-22-24-26-28-32(30(3)31(33)34)29-27-25-23-21-19-17-15-13-11-9-7-5-2;/h30H,4-29H2,1-3H3,(H,33,34);/q;+1/p-1. The van der Waals surface area contributed by atoms with Crippen LogP contribution >= 0.6 is 0 Å². The van der Waals surface area contributed by atoms with Gasteiger partial charge in [-0.2, -0.15) is 0 Å². The maximum atomic E-state index is 11.4. The van der Waals surface area contributed by atoms with Gasteiger partial charge in [-0.15, -0.1) is 0 Å². The first-order chi connectivity index (χ1) is 16.6. The summed E-state index contributed by atoms with van der Waals surface area (Å²) in [7, 11) is 0. The van der Waals surface area contributed by atoms with Crippen LogP contribution in [-0.2, 0) is 4.79 Å². The van der Waals surface area contributed by atoms with Crippen molar-refractivity contribution < 1.29 is 39.5 Å². The van der Waals surface area contributed by atoms with Crippen molar-refractivity contribution >= 4 is 5.97 Å². The molecule has 0 aliphatic rings. The molecule has 1 atom stereocenters. The summed E-state index contributed by atoms with van der Waals surface area (Å²) in [4.78, 5) is 13.6. The van der Waals surface area contributed by atoms with Crippen LogP contribution in [0.1, 0.15) is 175 Å². The van der Waals surface area contributed by atoms with Gasteiger partial charge in [-0.1, -0.05) is 155 Å². The fourth-order valence-corrected chi connectivity index (χ4v) is 4.96. The van der Waals surface area contributed by atoms with Crippen molar-refractivity contribution in [3.63, 3.8) is 0 Å². The summed E-state index contributed by atoms with van der Waals surface area (Å²) in [5.74, 6) is -0.919. The van der Waals surface area contributed by atoms with Crippen LogP contribution in [-0.4, -0.2) is 30.0 Å². The van der Waals surface area contributed by atoms with Crippen LogP contribution in [0.3, 0.4) is 0 Å². The number of hydrogen-bond donors (Lipinski definition) is 0. The number of carbonyl (C=O) groups excluding carboxylic acids is 1. The predicted octanol–water partition coefficient (Wildman–Crippen LogP) is 5.83. The molecule has 0 aromatic heterocycles. The van der Waals surface area contributed by atoms with Gasteiger partial charge in [0.1, 0.15) is 0 Å². The van der Waals surface area contributed by atoms with Crippen LogP contribution < -0.4 is 34.7 Å². The van der Waals surface area contributed by atoms with E-state index in [1.807, 2.05) is 0 Å². The largest absolute Gasteiger partial charge is 1.00 e. The number of rotatable bonds is 28. The predicted molar refractivity (Wildman–Crippen MR) is 148 cm³/mol. The quantitative estimate of drug-likeness (QED) is 0.0996. The fourth-order valence-electron chi connectivity index (χ4n) is 4.96. The summed E-state index contributed by atoms with van der Waals surface area (Å²) in [5, 5.41) is 11.4. The van der Waals surface area contributed by atoms with Gasteiger partial charge in [0.25, 0.3) is 0 Å². The first kappa shape index (κ1) is 37.6. The zero-order valence-electron chi connectivity index (χ0n) is 24.7. The molecule has 0 amide bonds. The van der Waals surface area contributed by atoms with Crippen molar-refractivity contribution in [2.75, 3.05) is 13.1 Å². The van der Waals surface area contributed by atoms with E-state index in [0.717, 1.165) is 25.9 Å². The average Bonchev–Trinajstić information content (AvgIpc) is 2.83. The average molecular weight is 504 g/mol. The van der Waals surface area contributed by atoms with Crippen molar-refractivity contribution in [3.8, 4) is 0 Å². The Kier molecular flexibility index (Phi) is 32.9. The first-order valence-corrected chi connectivity index (χ1v) is 15.6. The molecular formula is C31H62NNaO2. The molecule has 0 aromatic carbocycles. The van der Waals surface area contributed by atoms with Crippen molar-refractivity contribution in [2.24, 2.45) is 0 Å². The molecule has 4 heteroatoms.